The molecule has 0 saturated heterocycles. The molecule has 0 radical (unpaired) electrons. The third kappa shape index (κ3) is 3.14. The van der Waals surface area contributed by atoms with Crippen molar-refractivity contribution in [3.8, 4) is 0 Å². The Hall–Kier alpha value is -3.56. The molecule has 4 rings (SSSR count). The summed E-state index contributed by atoms with van der Waals surface area (Å²) in [4.78, 5) is 25.7. The van der Waals surface area contributed by atoms with E-state index in [9.17, 15) is 22.6 Å². The van der Waals surface area contributed by atoms with Crippen LogP contribution in [0.4, 0.5) is 17.1 Å². The zero-order valence-electron chi connectivity index (χ0n) is 15.5. The number of hydrogen-bond acceptors (Lipinski definition) is 6. The summed E-state index contributed by atoms with van der Waals surface area (Å²) in [6.07, 6.45) is 0. The van der Waals surface area contributed by atoms with Gasteiger partial charge in [-0.25, -0.2) is 0 Å². The molecule has 1 aliphatic carbocycles. The second kappa shape index (κ2) is 7.05. The van der Waals surface area contributed by atoms with E-state index in [1.807, 2.05) is 6.07 Å². The third-order valence-corrected chi connectivity index (χ3v) is 5.77. The fourth-order valence-electron chi connectivity index (χ4n) is 3.50. The summed E-state index contributed by atoms with van der Waals surface area (Å²) in [5.74, 6) is -1.07. The fourth-order valence-corrected chi connectivity index (χ4v) is 4.15. The molecule has 9 heteroatoms. The van der Waals surface area contributed by atoms with Gasteiger partial charge in [-0.05, 0) is 0 Å². The van der Waals surface area contributed by atoms with Gasteiger partial charge in [0.2, 0.25) is 0 Å². The van der Waals surface area contributed by atoms with Crippen molar-refractivity contribution in [2.75, 3.05) is 11.1 Å². The van der Waals surface area contributed by atoms with Gasteiger partial charge in [0.25, 0.3) is 0 Å². The summed E-state index contributed by atoms with van der Waals surface area (Å²) < 4.78 is 33.5. The molecule has 0 aromatic heterocycles. The quantitative estimate of drug-likeness (QED) is 0.262. The van der Waals surface area contributed by atoms with Crippen LogP contribution < -0.4 is 16.5 Å². The van der Waals surface area contributed by atoms with Crippen LogP contribution in [0.15, 0.2) is 59.5 Å². The normalized spacial score (nSPS) is 12.7. The van der Waals surface area contributed by atoms with Crippen molar-refractivity contribution >= 4 is 57.6 Å². The number of nitrogen functional groups attached to an aromatic ring is 1. The van der Waals surface area contributed by atoms with Crippen molar-refractivity contribution in [1.82, 2.24) is 0 Å². The van der Waals surface area contributed by atoms with E-state index in [1.54, 1.807) is 37.3 Å². The minimum atomic E-state index is -4.76. The Balaban J connectivity index is 2.02. The molecule has 148 valence electrons. The zero-order valence-corrected chi connectivity index (χ0v) is 16.4. The van der Waals surface area contributed by atoms with Gasteiger partial charge in [-0.2, -0.15) is 0 Å². The number of benzene rings is 3. The summed E-state index contributed by atoms with van der Waals surface area (Å²) in [6, 6.07) is 14.3. The van der Waals surface area contributed by atoms with Gasteiger partial charge < -0.3 is 0 Å². The van der Waals surface area contributed by atoms with Crippen molar-refractivity contribution in [3.05, 3.63) is 76.9 Å². The maximum absolute atomic E-state index is 13.2. The summed E-state index contributed by atoms with van der Waals surface area (Å²) >= 11 is 0. The van der Waals surface area contributed by atoms with Crippen molar-refractivity contribution in [3.63, 3.8) is 0 Å². The van der Waals surface area contributed by atoms with Gasteiger partial charge in [0, 0.05) is 0 Å². The minimum absolute atomic E-state index is 0.0425. The van der Waals surface area contributed by atoms with Gasteiger partial charge in [0.15, 0.2) is 0 Å². The number of nitrogens with one attached hydrogen (secondary N) is 1. The van der Waals surface area contributed by atoms with Crippen LogP contribution in [0.25, 0.3) is 0 Å². The Kier molecular flexibility index (Phi) is 4.64. The number of hydrogen-bond donors (Lipinski definition) is 3. The van der Waals surface area contributed by atoms with Gasteiger partial charge in [-0.1, -0.05) is 0 Å². The Morgan fingerprint density at radius 2 is 1.57 bits per heavy atom. The number of carbonyl (C=O) groups is 2. The molecule has 0 unspecified atom stereocenters. The summed E-state index contributed by atoms with van der Waals surface area (Å²) in [5.41, 5.74) is 6.85. The molecular weight excluding hydrogens is 403 g/mol. The summed E-state index contributed by atoms with van der Waals surface area (Å²) in [5, 5.41) is 2.98. The van der Waals surface area contributed by atoms with E-state index >= 15 is 0 Å². The number of nitrogens with two attached hydrogens (primary N) is 1. The van der Waals surface area contributed by atoms with E-state index in [1.165, 1.54) is 12.1 Å². The summed E-state index contributed by atoms with van der Waals surface area (Å²) in [6.45, 7) is 5.32. The number of rotatable bonds is 4. The Labute approximate surface area is 173 Å². The second-order valence-electron chi connectivity index (χ2n) is 6.72. The fraction of sp³-hybridized carbons (Fsp3) is 0. The summed E-state index contributed by atoms with van der Waals surface area (Å²) in [7, 11) is -4.76. The van der Waals surface area contributed by atoms with Crippen LogP contribution in [0.5, 0.6) is 0 Å². The first kappa shape index (κ1) is 19.7. The van der Waals surface area contributed by atoms with E-state index < -0.39 is 32.3 Å². The van der Waals surface area contributed by atoms with Crippen LogP contribution in [0.1, 0.15) is 31.8 Å². The molecule has 0 amide bonds. The van der Waals surface area contributed by atoms with Crippen molar-refractivity contribution in [2.45, 2.75) is 4.90 Å². The molecule has 4 N–H and O–H groups in total. The average Bonchev–Trinajstić information content (AvgIpc) is 2.72. The predicted octanol–water partition coefficient (Wildman–Crippen LogP) is 1.80. The van der Waals surface area contributed by atoms with E-state index in [0.29, 0.717) is 5.69 Å². The SMILES string of the molecule is C=Bc1cccc(Nc2cc(S(=O)(=O)O)c(N)c3c2C(=O)c2ccccc2C3=O)c1. The molecule has 0 atom stereocenters. The Morgan fingerprint density at radius 1 is 0.933 bits per heavy atom. The van der Waals surface area contributed by atoms with Crippen molar-refractivity contribution in [2.24, 2.45) is 0 Å². The number of anilines is 3. The standard InChI is InChI=1S/C21H15BN2O5S/c1-22-11-5-4-6-12(9-11)24-15-10-16(30(27,28)29)19(23)18-17(15)20(25)13-7-2-3-8-14(13)21(18)26/h2-10,24H,1,23H2,(H,27,28,29). The molecule has 3 aromatic carbocycles. The zero-order chi connectivity index (χ0) is 21.6. The van der Waals surface area contributed by atoms with E-state index in [4.69, 9.17) is 5.73 Å². The molecule has 7 nitrogen and oxygen atoms in total. The Morgan fingerprint density at radius 3 is 2.17 bits per heavy atom. The molecule has 0 bridgehead atoms. The molecule has 0 fully saturated rings. The third-order valence-electron chi connectivity index (χ3n) is 4.88. The van der Waals surface area contributed by atoms with Crippen LogP contribution in [0.3, 0.4) is 0 Å². The van der Waals surface area contributed by atoms with E-state index in [0.717, 1.165) is 11.5 Å². The van der Waals surface area contributed by atoms with E-state index in [-0.39, 0.29) is 27.9 Å². The monoisotopic (exact) mass is 418 g/mol. The second-order valence-corrected chi connectivity index (χ2v) is 8.11. The van der Waals surface area contributed by atoms with Crippen LogP contribution in [-0.2, 0) is 10.1 Å². The van der Waals surface area contributed by atoms with Gasteiger partial charge in [-0.3, -0.25) is 0 Å². The Bertz CT molecular complexity index is 1370. The maximum atomic E-state index is 13.2. The molecule has 0 heterocycles. The van der Waals surface area contributed by atoms with Crippen LogP contribution in [0, 0.1) is 0 Å². The number of carbonyl (C=O) groups excluding carboxylic acids is 2. The van der Waals surface area contributed by atoms with Crippen LogP contribution in [-0.4, -0.2) is 37.9 Å². The molecule has 0 spiro atoms. The van der Waals surface area contributed by atoms with Crippen molar-refractivity contribution in [1.29, 1.82) is 0 Å². The first-order chi connectivity index (χ1) is 14.2. The van der Waals surface area contributed by atoms with Gasteiger partial charge in [-0.15, -0.1) is 0 Å². The van der Waals surface area contributed by atoms with Crippen LogP contribution >= 0.6 is 0 Å². The predicted molar refractivity (Wildman–Crippen MR) is 116 cm³/mol. The van der Waals surface area contributed by atoms with Gasteiger partial charge in [0.1, 0.15) is 0 Å². The first-order valence-electron chi connectivity index (χ1n) is 8.84. The molecule has 30 heavy (non-hydrogen) atoms. The average molecular weight is 418 g/mol. The number of fused-ring (bicyclic) bond motifs is 2. The van der Waals surface area contributed by atoms with Crippen molar-refractivity contribution < 1.29 is 22.6 Å². The first-order valence-corrected chi connectivity index (χ1v) is 10.3. The molecular formula is C21H15BN2O5S. The van der Waals surface area contributed by atoms with E-state index in [2.05, 4.69) is 11.8 Å². The molecule has 0 saturated carbocycles. The van der Waals surface area contributed by atoms with Gasteiger partial charge >= 0.3 is 173 Å². The van der Waals surface area contributed by atoms with Gasteiger partial charge in [0.05, 0.1) is 0 Å². The molecule has 3 aromatic rings. The molecule has 0 aliphatic heterocycles. The number of ketones is 2. The topological polar surface area (TPSA) is 127 Å². The van der Waals surface area contributed by atoms with Crippen LogP contribution in [0.2, 0.25) is 0 Å². The molecule has 1 aliphatic rings.